The van der Waals surface area contributed by atoms with Gasteiger partial charge >= 0.3 is 0 Å². The maximum absolute atomic E-state index is 12.7. The second kappa shape index (κ2) is 4.76. The van der Waals surface area contributed by atoms with Crippen LogP contribution < -0.4 is 0 Å². The summed E-state index contributed by atoms with van der Waals surface area (Å²) < 4.78 is 1.72. The molecule has 116 valence electrons. The van der Waals surface area contributed by atoms with E-state index in [4.69, 9.17) is 0 Å². The average Bonchev–Trinajstić information content (AvgIpc) is 3.01. The van der Waals surface area contributed by atoms with Crippen LogP contribution >= 0.6 is 0 Å². The van der Waals surface area contributed by atoms with E-state index in [0.717, 1.165) is 43.6 Å². The summed E-state index contributed by atoms with van der Waals surface area (Å²) >= 11 is 0. The Hall–Kier alpha value is -1.98. The minimum atomic E-state index is 0.168. The normalized spacial score (nSPS) is 19.8. The molecular weight excluding hydrogens is 278 g/mol. The Labute approximate surface area is 129 Å². The molecule has 2 fully saturated rings. The van der Waals surface area contributed by atoms with Crippen molar-refractivity contribution in [3.8, 4) is 0 Å². The summed E-state index contributed by atoms with van der Waals surface area (Å²) in [6.45, 7) is 4.81. The molecule has 0 unspecified atom stereocenters. The summed E-state index contributed by atoms with van der Waals surface area (Å²) in [5, 5.41) is 4.45. The Morgan fingerprint density at radius 3 is 2.73 bits per heavy atom. The number of carbonyl (C=O) groups is 1. The Morgan fingerprint density at radius 2 is 2.00 bits per heavy atom. The highest BCUT2D eigenvalue weighted by Crippen LogP contribution is 2.45. The average molecular weight is 299 g/mol. The second-order valence-corrected chi connectivity index (χ2v) is 6.68. The largest absolute Gasteiger partial charge is 0.337 e. The predicted molar refractivity (Wildman–Crippen MR) is 81.5 cm³/mol. The van der Waals surface area contributed by atoms with Gasteiger partial charge in [-0.05, 0) is 52.0 Å². The van der Waals surface area contributed by atoms with Gasteiger partial charge in [-0.15, -0.1) is 5.10 Å². The lowest BCUT2D eigenvalue weighted by Crippen LogP contribution is -2.52. The molecular formula is C16H21N5O. The highest BCUT2D eigenvalue weighted by molar-refractivity contribution is 5.79. The summed E-state index contributed by atoms with van der Waals surface area (Å²) in [5.41, 5.74) is 2.08. The van der Waals surface area contributed by atoms with Gasteiger partial charge in [0.2, 0.25) is 5.91 Å². The molecule has 0 radical (unpaired) electrons. The molecule has 3 heterocycles. The maximum Gasteiger partial charge on any atom is 0.252 e. The van der Waals surface area contributed by atoms with E-state index >= 15 is 0 Å². The summed E-state index contributed by atoms with van der Waals surface area (Å²) in [5.74, 6) is 1.33. The molecule has 0 N–H and O–H groups in total. The summed E-state index contributed by atoms with van der Waals surface area (Å²) in [6.07, 6.45) is 6.15. The Morgan fingerprint density at radius 1 is 1.23 bits per heavy atom. The monoisotopic (exact) mass is 299 g/mol. The van der Waals surface area contributed by atoms with Crippen LogP contribution in [0.25, 0.3) is 5.78 Å². The van der Waals surface area contributed by atoms with Gasteiger partial charge in [-0.3, -0.25) is 4.79 Å². The van der Waals surface area contributed by atoms with E-state index in [1.54, 1.807) is 4.52 Å². The Kier molecular flexibility index (Phi) is 2.96. The molecule has 6 nitrogen and oxygen atoms in total. The number of hydrogen-bond acceptors (Lipinski definition) is 4. The van der Waals surface area contributed by atoms with Gasteiger partial charge in [0.25, 0.3) is 5.78 Å². The molecule has 1 saturated heterocycles. The first kappa shape index (κ1) is 13.7. The number of hydrogen-bond donors (Lipinski definition) is 0. The van der Waals surface area contributed by atoms with E-state index in [9.17, 15) is 4.79 Å². The molecule has 4 rings (SSSR count). The first-order chi connectivity index (χ1) is 10.6. The molecule has 1 saturated carbocycles. The summed E-state index contributed by atoms with van der Waals surface area (Å²) in [4.78, 5) is 23.6. The van der Waals surface area contributed by atoms with E-state index in [1.165, 1.54) is 6.42 Å². The number of likely N-dealkylation sites (tertiary alicyclic amines) is 1. The fourth-order valence-electron chi connectivity index (χ4n) is 3.95. The van der Waals surface area contributed by atoms with Crippen LogP contribution in [0, 0.1) is 13.8 Å². The van der Waals surface area contributed by atoms with E-state index in [1.807, 2.05) is 19.9 Å². The zero-order valence-corrected chi connectivity index (χ0v) is 13.2. The third-order valence-electron chi connectivity index (χ3n) is 5.15. The number of aryl methyl sites for hydroxylation is 2. The van der Waals surface area contributed by atoms with Crippen LogP contribution in [0.3, 0.4) is 0 Å². The summed E-state index contributed by atoms with van der Waals surface area (Å²) in [7, 11) is 0. The van der Waals surface area contributed by atoms with E-state index in [2.05, 4.69) is 20.0 Å². The highest BCUT2D eigenvalue weighted by atomic mass is 16.2. The van der Waals surface area contributed by atoms with E-state index in [-0.39, 0.29) is 17.9 Å². The van der Waals surface area contributed by atoms with Gasteiger partial charge in [0, 0.05) is 23.5 Å². The van der Waals surface area contributed by atoms with E-state index in [0.29, 0.717) is 11.6 Å². The molecule has 0 bridgehead atoms. The van der Waals surface area contributed by atoms with Gasteiger partial charge < -0.3 is 4.90 Å². The smallest absolute Gasteiger partial charge is 0.252 e. The predicted octanol–water partition coefficient (Wildman–Crippen LogP) is 1.83. The molecule has 1 aliphatic carbocycles. The molecule has 6 heteroatoms. The van der Waals surface area contributed by atoms with Crippen molar-refractivity contribution in [2.24, 2.45) is 0 Å². The van der Waals surface area contributed by atoms with Crippen molar-refractivity contribution in [3.05, 3.63) is 23.3 Å². The van der Waals surface area contributed by atoms with Crippen LogP contribution in [0.15, 0.2) is 6.07 Å². The van der Waals surface area contributed by atoms with Crippen molar-refractivity contribution < 1.29 is 4.79 Å². The van der Waals surface area contributed by atoms with Crippen molar-refractivity contribution in [3.63, 3.8) is 0 Å². The maximum atomic E-state index is 12.7. The molecule has 0 aromatic carbocycles. The molecule has 0 atom stereocenters. The number of amides is 1. The number of aromatic nitrogens is 4. The minimum Gasteiger partial charge on any atom is -0.337 e. The van der Waals surface area contributed by atoms with Crippen molar-refractivity contribution in [2.45, 2.75) is 57.9 Å². The Balaban J connectivity index is 1.58. The zero-order valence-electron chi connectivity index (χ0n) is 13.2. The van der Waals surface area contributed by atoms with Gasteiger partial charge in [-0.2, -0.15) is 4.98 Å². The minimum absolute atomic E-state index is 0.168. The lowest BCUT2D eigenvalue weighted by molar-refractivity contribution is -0.137. The molecule has 2 aliphatic rings. The number of rotatable bonds is 2. The van der Waals surface area contributed by atoms with Gasteiger partial charge in [-0.25, -0.2) is 9.50 Å². The highest BCUT2D eigenvalue weighted by Gasteiger charge is 2.47. The Bertz CT molecular complexity index is 746. The molecule has 1 spiro atoms. The van der Waals surface area contributed by atoms with Gasteiger partial charge in [0.15, 0.2) is 5.82 Å². The molecule has 22 heavy (non-hydrogen) atoms. The lowest BCUT2D eigenvalue weighted by atomic mass is 9.75. The molecule has 1 amide bonds. The lowest BCUT2D eigenvalue weighted by Gasteiger charge is -2.45. The first-order valence-electron chi connectivity index (χ1n) is 8.08. The van der Waals surface area contributed by atoms with Crippen LogP contribution in [-0.2, 0) is 11.2 Å². The van der Waals surface area contributed by atoms with Crippen LogP contribution in [-0.4, -0.2) is 42.5 Å². The molecule has 2 aromatic heterocycles. The van der Waals surface area contributed by atoms with Crippen molar-refractivity contribution in [1.29, 1.82) is 0 Å². The van der Waals surface area contributed by atoms with Gasteiger partial charge in [0.05, 0.1) is 6.42 Å². The fourth-order valence-corrected chi connectivity index (χ4v) is 3.95. The van der Waals surface area contributed by atoms with Crippen LogP contribution in [0.1, 0.15) is 49.3 Å². The third kappa shape index (κ3) is 2.01. The van der Waals surface area contributed by atoms with Crippen molar-refractivity contribution in [2.75, 3.05) is 6.54 Å². The standard InChI is InChI=1S/C16H21N5O/c1-11-9-12(2)21-15(17-11)18-13(19-21)10-14(22)20-8-4-7-16(20)5-3-6-16/h9H,3-8,10H2,1-2H3. The first-order valence-corrected chi connectivity index (χ1v) is 8.08. The van der Waals surface area contributed by atoms with Crippen molar-refractivity contribution >= 4 is 11.7 Å². The third-order valence-corrected chi connectivity index (χ3v) is 5.15. The number of nitrogens with zero attached hydrogens (tertiary/aromatic N) is 5. The number of carbonyl (C=O) groups excluding carboxylic acids is 1. The van der Waals surface area contributed by atoms with Crippen molar-refractivity contribution in [1.82, 2.24) is 24.5 Å². The molecule has 2 aromatic rings. The summed E-state index contributed by atoms with van der Waals surface area (Å²) in [6, 6.07) is 1.97. The fraction of sp³-hybridized carbons (Fsp3) is 0.625. The van der Waals surface area contributed by atoms with Crippen LogP contribution in [0.2, 0.25) is 0 Å². The second-order valence-electron chi connectivity index (χ2n) is 6.68. The van der Waals surface area contributed by atoms with Crippen LogP contribution in [0.4, 0.5) is 0 Å². The van der Waals surface area contributed by atoms with Gasteiger partial charge in [0.1, 0.15) is 0 Å². The van der Waals surface area contributed by atoms with E-state index < -0.39 is 0 Å². The zero-order chi connectivity index (χ0) is 15.3. The quantitative estimate of drug-likeness (QED) is 0.848. The molecule has 1 aliphatic heterocycles. The van der Waals surface area contributed by atoms with Crippen LogP contribution in [0.5, 0.6) is 0 Å². The number of fused-ring (bicyclic) bond motifs is 1. The van der Waals surface area contributed by atoms with Gasteiger partial charge in [-0.1, -0.05) is 0 Å². The SMILES string of the molecule is Cc1cc(C)n2nc(CC(=O)N3CCCC34CCC4)nc2n1. The topological polar surface area (TPSA) is 63.4 Å².